The summed E-state index contributed by atoms with van der Waals surface area (Å²) in [4.78, 5) is 0. The van der Waals surface area contributed by atoms with E-state index >= 15 is 0 Å². The molecule has 0 aliphatic heterocycles. The van der Waals surface area contributed by atoms with Crippen LogP contribution in [-0.4, -0.2) is 0 Å². The van der Waals surface area contributed by atoms with Crippen LogP contribution in [0, 0.1) is 54.6 Å². The molecule has 0 radical (unpaired) electrons. The minimum atomic E-state index is -0.767. The van der Waals surface area contributed by atoms with E-state index in [4.69, 9.17) is 0 Å². The summed E-state index contributed by atoms with van der Waals surface area (Å²) in [6, 6.07) is 46.2. The van der Waals surface area contributed by atoms with Gasteiger partial charge in [-0.1, -0.05) is 241 Å². The summed E-state index contributed by atoms with van der Waals surface area (Å²) in [5.41, 5.74) is 8.70. The van der Waals surface area contributed by atoms with Crippen LogP contribution in [0.2, 0.25) is 0 Å². The zero-order valence-electron chi connectivity index (χ0n) is 45.7. The first-order valence-electron chi connectivity index (χ1n) is 25.0. The lowest BCUT2D eigenvalue weighted by molar-refractivity contribution is 0.494. The van der Waals surface area contributed by atoms with E-state index in [1.807, 2.05) is 65.0 Å². The molecule has 0 saturated heterocycles. The van der Waals surface area contributed by atoms with Gasteiger partial charge in [0.05, 0.1) is 0 Å². The summed E-state index contributed by atoms with van der Waals surface area (Å²) in [5, 5.41) is 0. The topological polar surface area (TPSA) is 0 Å². The Balaban J connectivity index is -0.000000395. The Morgan fingerprint density at radius 2 is 0.645 bits per heavy atom. The largest absolute Gasteiger partial charge is 0.207 e. The van der Waals surface area contributed by atoms with Crippen molar-refractivity contribution in [2.75, 3.05) is 0 Å². The van der Waals surface area contributed by atoms with Crippen molar-refractivity contribution >= 4 is 0 Å². The molecule has 0 bridgehead atoms. The molecule has 7 rings (SSSR count). The third-order valence-corrected chi connectivity index (χ3v) is 11.2. The van der Waals surface area contributed by atoms with Crippen LogP contribution in [0.4, 0.5) is 30.7 Å². The number of rotatable bonds is 7. The molecule has 0 heterocycles. The van der Waals surface area contributed by atoms with Gasteiger partial charge in [-0.05, 0) is 143 Å². The van der Waals surface area contributed by atoms with Crippen LogP contribution in [0.5, 0.6) is 0 Å². The van der Waals surface area contributed by atoms with E-state index in [1.54, 1.807) is 50.2 Å². The zero-order chi connectivity index (χ0) is 54.7. The van der Waals surface area contributed by atoms with E-state index < -0.39 is 23.3 Å². The van der Waals surface area contributed by atoms with E-state index in [0.29, 0.717) is 29.2 Å². The average molecular weight is 1060 g/mol. The molecule has 0 amide bonds. The van der Waals surface area contributed by atoms with Crippen molar-refractivity contribution in [3.8, 4) is 0 Å². The van der Waals surface area contributed by atoms with Gasteiger partial charge in [-0.25, -0.2) is 30.7 Å². The summed E-state index contributed by atoms with van der Waals surface area (Å²) >= 11 is 0. The van der Waals surface area contributed by atoms with Gasteiger partial charge >= 0.3 is 0 Å². The molecule has 0 saturated carbocycles. The lowest BCUT2D eigenvalue weighted by Crippen LogP contribution is -1.96. The first-order valence-corrected chi connectivity index (χ1v) is 25.0. The second-order valence-electron chi connectivity index (χ2n) is 19.8. The summed E-state index contributed by atoms with van der Waals surface area (Å²) < 4.78 is 89.3. The number of benzene rings is 7. The fourth-order valence-corrected chi connectivity index (χ4v) is 6.72. The maximum atomic E-state index is 12.9. The van der Waals surface area contributed by atoms with Crippen molar-refractivity contribution in [1.29, 1.82) is 0 Å². The zero-order valence-corrected chi connectivity index (χ0v) is 45.7. The molecular formula is C69H97F7. The van der Waals surface area contributed by atoms with Gasteiger partial charge in [-0.3, -0.25) is 0 Å². The number of aryl methyl sites for hydroxylation is 2. The standard InChI is InChI=1S/C10H13F.C10H14.2C9H10F2.2C9H11F.C9H12.4CH4/c1-7(2)9-4-8(3)5-10(11)6-9;1-8(2)10-6-4-9(3)5-7-10;1-6(2)9-7(10)4-3-5-8(9)11;1-6(2)7-4-3-5-8(10)9(7)11;1-7(2)8-4-3-5-9(10)6-8;1-7(2)8-5-3-4-6-9(8)10;1-8(2)9-6-4-3-5-7-9;;;;/h4-7H,1-3H3;4-8H,1-3H3;2*3-6H,1-2H3;2*3-7H,1-2H3;3-8H,1-2H3;4*1H4. The Labute approximate surface area is 459 Å². The SMILES string of the molecule is C.C.C.C.CC(C)c1c(F)cccc1F.CC(C)c1cccc(F)c1.CC(C)c1cccc(F)c1F.CC(C)c1ccccc1.CC(C)c1ccccc1F.Cc1cc(F)cc(C(C)C)c1.Cc1ccc(C(C)C)cc1. The highest BCUT2D eigenvalue weighted by Crippen LogP contribution is 2.23. The molecule has 7 aromatic rings. The second kappa shape index (κ2) is 40.3. The molecule has 7 heteroatoms. The van der Waals surface area contributed by atoms with Crippen molar-refractivity contribution in [2.24, 2.45) is 0 Å². The number of hydrogen-bond donors (Lipinski definition) is 0. The van der Waals surface area contributed by atoms with Crippen LogP contribution in [-0.2, 0) is 0 Å². The van der Waals surface area contributed by atoms with Crippen LogP contribution in [0.25, 0.3) is 0 Å². The summed E-state index contributed by atoms with van der Waals surface area (Å²) in [6.07, 6.45) is 0. The predicted octanol–water partition coefficient (Wildman–Crippen LogP) is 23.8. The molecule has 0 nitrogen and oxygen atoms in total. The minimum absolute atomic E-state index is 0. The summed E-state index contributed by atoms with van der Waals surface area (Å²) in [5.74, 6) is -0.439. The van der Waals surface area contributed by atoms with Crippen LogP contribution in [0.3, 0.4) is 0 Å². The Hall–Kier alpha value is -5.95. The molecule has 76 heavy (non-hydrogen) atoms. The van der Waals surface area contributed by atoms with E-state index in [0.717, 1.165) is 28.3 Å². The fourth-order valence-electron chi connectivity index (χ4n) is 6.72. The van der Waals surface area contributed by atoms with Crippen molar-refractivity contribution in [3.63, 3.8) is 0 Å². The number of hydrogen-bond acceptors (Lipinski definition) is 0. The quantitative estimate of drug-likeness (QED) is 0.140. The molecule has 0 unspecified atom stereocenters. The van der Waals surface area contributed by atoms with Gasteiger partial charge < -0.3 is 0 Å². The Bertz CT molecular complexity index is 2520. The Morgan fingerprint density at radius 1 is 0.263 bits per heavy atom. The summed E-state index contributed by atoms with van der Waals surface area (Å²) in [6.45, 7) is 32.3. The molecule has 7 aromatic carbocycles. The van der Waals surface area contributed by atoms with E-state index in [2.05, 4.69) is 111 Å². The van der Waals surface area contributed by atoms with E-state index in [9.17, 15) is 30.7 Å². The van der Waals surface area contributed by atoms with Crippen molar-refractivity contribution in [1.82, 2.24) is 0 Å². The van der Waals surface area contributed by atoms with Gasteiger partial charge in [0.1, 0.15) is 29.1 Å². The average Bonchev–Trinajstić information content (AvgIpc) is 3.31. The molecule has 0 spiro atoms. The minimum Gasteiger partial charge on any atom is -0.207 e. The Kier molecular flexibility index (Phi) is 40.6. The molecule has 0 aliphatic carbocycles. The molecule has 0 atom stereocenters. The monoisotopic (exact) mass is 1060 g/mol. The maximum absolute atomic E-state index is 12.9. The first kappa shape index (κ1) is 76.6. The maximum Gasteiger partial charge on any atom is 0.162 e. The van der Waals surface area contributed by atoms with Gasteiger partial charge in [0.2, 0.25) is 0 Å². The van der Waals surface area contributed by atoms with Crippen LogP contribution >= 0.6 is 0 Å². The van der Waals surface area contributed by atoms with Crippen molar-refractivity contribution in [2.45, 2.75) is 182 Å². The fraction of sp³-hybridized carbons (Fsp3) is 0.391. The van der Waals surface area contributed by atoms with Gasteiger partial charge in [0.15, 0.2) is 11.6 Å². The smallest absolute Gasteiger partial charge is 0.162 e. The van der Waals surface area contributed by atoms with Gasteiger partial charge in [-0.15, -0.1) is 0 Å². The normalized spacial score (nSPS) is 9.92. The van der Waals surface area contributed by atoms with Crippen LogP contribution in [0.15, 0.2) is 158 Å². The van der Waals surface area contributed by atoms with E-state index in [-0.39, 0.29) is 70.5 Å². The van der Waals surface area contributed by atoms with Crippen molar-refractivity contribution < 1.29 is 30.7 Å². The number of halogens is 7. The van der Waals surface area contributed by atoms with Crippen LogP contribution < -0.4 is 0 Å². The second-order valence-corrected chi connectivity index (χ2v) is 19.8. The van der Waals surface area contributed by atoms with Gasteiger partial charge in [0, 0.05) is 5.56 Å². The predicted molar refractivity (Wildman–Crippen MR) is 320 cm³/mol. The molecule has 0 aliphatic rings. The first-order chi connectivity index (χ1) is 33.8. The third-order valence-electron chi connectivity index (χ3n) is 11.2. The highest BCUT2D eigenvalue weighted by molar-refractivity contribution is 5.27. The summed E-state index contributed by atoms with van der Waals surface area (Å²) in [7, 11) is 0. The van der Waals surface area contributed by atoms with Crippen molar-refractivity contribution in [3.05, 3.63) is 249 Å². The molecule has 422 valence electrons. The molecule has 0 fully saturated rings. The van der Waals surface area contributed by atoms with Gasteiger partial charge in [0.25, 0.3) is 0 Å². The van der Waals surface area contributed by atoms with E-state index in [1.165, 1.54) is 53.1 Å². The lowest BCUT2D eigenvalue weighted by atomic mass is 10.0. The molecular weight excluding hydrogens is 962 g/mol. The Morgan fingerprint density at radius 3 is 1.01 bits per heavy atom. The highest BCUT2D eigenvalue weighted by atomic mass is 19.2. The molecule has 0 aromatic heterocycles. The van der Waals surface area contributed by atoms with Crippen LogP contribution in [0.1, 0.15) is 218 Å². The third kappa shape index (κ3) is 30.0. The lowest BCUT2D eigenvalue weighted by Gasteiger charge is -2.06. The molecule has 0 N–H and O–H groups in total. The highest BCUT2D eigenvalue weighted by Gasteiger charge is 2.11. The van der Waals surface area contributed by atoms with Gasteiger partial charge in [-0.2, -0.15) is 0 Å².